The van der Waals surface area contributed by atoms with Gasteiger partial charge in [0.15, 0.2) is 11.5 Å². The summed E-state index contributed by atoms with van der Waals surface area (Å²) in [4.78, 5) is 13.6. The van der Waals surface area contributed by atoms with Crippen LogP contribution < -0.4 is 25.7 Å². The Balaban J connectivity index is 1.63. The van der Waals surface area contributed by atoms with Gasteiger partial charge < -0.3 is 30.6 Å². The van der Waals surface area contributed by atoms with Crippen LogP contribution in [0.2, 0.25) is 0 Å². The molecule has 1 aliphatic heterocycles. The maximum Gasteiger partial charge on any atom is 0.233 e. The number of anilines is 1. The Bertz CT molecular complexity index is 1180. The van der Waals surface area contributed by atoms with Crippen molar-refractivity contribution < 1.29 is 14.2 Å². The zero-order valence-electron chi connectivity index (χ0n) is 20.1. The van der Waals surface area contributed by atoms with E-state index in [-0.39, 0.29) is 12.1 Å². The number of likely N-dealkylation sites (tertiary alicyclic amines) is 1. The molecule has 0 bridgehead atoms. The lowest BCUT2D eigenvalue weighted by Gasteiger charge is -2.27. The van der Waals surface area contributed by atoms with Gasteiger partial charge in [-0.25, -0.2) is 9.97 Å². The van der Waals surface area contributed by atoms with Gasteiger partial charge in [0.25, 0.3) is 0 Å². The highest BCUT2D eigenvalue weighted by Crippen LogP contribution is 2.37. The average molecular weight is 465 g/mol. The van der Waals surface area contributed by atoms with Crippen LogP contribution in [-0.4, -0.2) is 72.8 Å². The van der Waals surface area contributed by atoms with E-state index in [1.807, 2.05) is 30.3 Å². The van der Waals surface area contributed by atoms with E-state index in [4.69, 9.17) is 25.7 Å². The molecule has 9 nitrogen and oxygen atoms in total. The second kappa shape index (κ2) is 10.0. The summed E-state index contributed by atoms with van der Waals surface area (Å²) in [5.74, 6) is 1.66. The van der Waals surface area contributed by atoms with E-state index in [0.29, 0.717) is 36.2 Å². The van der Waals surface area contributed by atoms with E-state index in [2.05, 4.69) is 33.7 Å². The fraction of sp³-hybridized carbons (Fsp3) is 0.360. The van der Waals surface area contributed by atoms with E-state index in [1.165, 1.54) is 0 Å². The number of likely N-dealkylation sites (N-methyl/N-ethyl adjacent to an activating group) is 1. The minimum Gasteiger partial charge on any atom is -0.493 e. The Labute approximate surface area is 199 Å². The third-order valence-corrected chi connectivity index (χ3v) is 6.33. The molecule has 1 saturated heterocycles. The third-order valence-electron chi connectivity index (χ3n) is 6.33. The zero-order chi connectivity index (χ0) is 24.2. The number of hydrogen-bond acceptors (Lipinski definition) is 9. The van der Waals surface area contributed by atoms with Crippen molar-refractivity contribution in [2.45, 2.75) is 19.1 Å². The first-order valence-electron chi connectivity index (χ1n) is 11.3. The summed E-state index contributed by atoms with van der Waals surface area (Å²) in [6.07, 6.45) is 3.12. The largest absolute Gasteiger partial charge is 0.493 e. The van der Waals surface area contributed by atoms with Crippen LogP contribution in [0.4, 0.5) is 5.69 Å². The predicted octanol–water partition coefficient (Wildman–Crippen LogP) is 2.57. The molecule has 1 aliphatic rings. The number of methoxy groups -OCH3 is 2. The minimum atomic E-state index is -0.142. The molecule has 1 fully saturated rings. The summed E-state index contributed by atoms with van der Waals surface area (Å²) in [5.41, 5.74) is 16.3. The number of ether oxygens (including phenoxy) is 3. The van der Waals surface area contributed by atoms with Gasteiger partial charge in [-0.1, -0.05) is 19.1 Å². The molecule has 4 N–H and O–H groups in total. The molecule has 4 rings (SSSR count). The molecule has 0 aliphatic carbocycles. The maximum atomic E-state index is 6.39. The van der Waals surface area contributed by atoms with Crippen LogP contribution in [0.1, 0.15) is 12.5 Å². The number of benzene rings is 2. The molecule has 2 atom stereocenters. The number of rotatable bonds is 8. The Hall–Kier alpha value is -3.72. The first-order chi connectivity index (χ1) is 16.5. The molecule has 2 heterocycles. The van der Waals surface area contributed by atoms with Gasteiger partial charge in [0, 0.05) is 30.1 Å². The lowest BCUT2D eigenvalue weighted by atomic mass is 10.1. The first-order valence-corrected chi connectivity index (χ1v) is 11.3. The smallest absolute Gasteiger partial charge is 0.233 e. The summed E-state index contributed by atoms with van der Waals surface area (Å²) in [6, 6.07) is 11.5. The van der Waals surface area contributed by atoms with Gasteiger partial charge >= 0.3 is 0 Å². The van der Waals surface area contributed by atoms with Gasteiger partial charge in [-0.15, -0.1) is 0 Å². The van der Waals surface area contributed by atoms with Crippen molar-refractivity contribution in [1.29, 1.82) is 0 Å². The van der Waals surface area contributed by atoms with Gasteiger partial charge in [-0.05, 0) is 31.8 Å². The number of nitrogens with two attached hydrogens (primary N) is 2. The van der Waals surface area contributed by atoms with Gasteiger partial charge in [-0.2, -0.15) is 0 Å². The van der Waals surface area contributed by atoms with Crippen molar-refractivity contribution in [1.82, 2.24) is 19.8 Å². The summed E-state index contributed by atoms with van der Waals surface area (Å²) in [5, 5.41) is 0. The molecule has 1 aromatic heterocycles. The topological polar surface area (TPSA) is 112 Å². The van der Waals surface area contributed by atoms with E-state index >= 15 is 0 Å². The molecular weight excluding hydrogens is 432 g/mol. The Morgan fingerprint density at radius 2 is 1.85 bits per heavy atom. The quantitative estimate of drug-likeness (QED) is 0.486. The van der Waals surface area contributed by atoms with Crippen LogP contribution in [0.25, 0.3) is 16.7 Å². The normalized spacial score (nSPS) is 18.5. The molecule has 2 aromatic carbocycles. The number of nitrogen functional groups attached to an aromatic ring is 1. The van der Waals surface area contributed by atoms with E-state index in [1.54, 1.807) is 32.7 Å². The highest BCUT2D eigenvalue weighted by atomic mass is 16.5. The lowest BCUT2D eigenvalue weighted by molar-refractivity contribution is 0.117. The van der Waals surface area contributed by atoms with Crippen LogP contribution >= 0.6 is 0 Å². The Morgan fingerprint density at radius 3 is 2.53 bits per heavy atom. The van der Waals surface area contributed by atoms with Crippen molar-refractivity contribution in [2.24, 2.45) is 5.73 Å². The molecule has 0 radical (unpaired) electrons. The predicted molar refractivity (Wildman–Crippen MR) is 134 cm³/mol. The highest BCUT2D eigenvalue weighted by Gasteiger charge is 2.38. The molecule has 180 valence electrons. The maximum absolute atomic E-state index is 6.39. The molecule has 2 unspecified atom stereocenters. The van der Waals surface area contributed by atoms with Crippen LogP contribution in [0, 0.1) is 0 Å². The first kappa shape index (κ1) is 23.4. The molecule has 0 spiro atoms. The Kier molecular flexibility index (Phi) is 6.93. The SMILES string of the molecule is CCN(C)C1CN(/C(=C/N)c2cc(OC)c(OC)cc2N)CC1Oc1cnc2ccccc2n1. The number of aromatic nitrogens is 2. The van der Waals surface area contributed by atoms with Crippen molar-refractivity contribution >= 4 is 22.4 Å². The Morgan fingerprint density at radius 1 is 1.15 bits per heavy atom. The summed E-state index contributed by atoms with van der Waals surface area (Å²) < 4.78 is 17.3. The fourth-order valence-electron chi connectivity index (χ4n) is 4.36. The van der Waals surface area contributed by atoms with Crippen LogP contribution in [0.5, 0.6) is 17.4 Å². The number of fused-ring (bicyclic) bond motifs is 1. The van der Waals surface area contributed by atoms with Gasteiger partial charge in [0.05, 0.1) is 49.7 Å². The van der Waals surface area contributed by atoms with Crippen LogP contribution in [-0.2, 0) is 0 Å². The molecular formula is C25H32N6O3. The van der Waals surface area contributed by atoms with Gasteiger partial charge in [0.1, 0.15) is 6.10 Å². The average Bonchev–Trinajstić information content (AvgIpc) is 3.27. The van der Waals surface area contributed by atoms with E-state index < -0.39 is 0 Å². The second-order valence-corrected chi connectivity index (χ2v) is 8.25. The zero-order valence-corrected chi connectivity index (χ0v) is 20.1. The molecule has 3 aromatic rings. The van der Waals surface area contributed by atoms with Crippen LogP contribution in [0.15, 0.2) is 48.8 Å². The van der Waals surface area contributed by atoms with Crippen LogP contribution in [0.3, 0.4) is 0 Å². The molecule has 34 heavy (non-hydrogen) atoms. The number of nitrogens with zero attached hydrogens (tertiary/aromatic N) is 4. The monoisotopic (exact) mass is 464 g/mol. The van der Waals surface area contributed by atoms with E-state index in [0.717, 1.165) is 28.8 Å². The molecule has 9 heteroatoms. The lowest BCUT2D eigenvalue weighted by Crippen LogP contribution is -2.43. The van der Waals surface area contributed by atoms with Crippen molar-refractivity contribution in [3.05, 3.63) is 54.4 Å². The molecule has 0 amide bonds. The van der Waals surface area contributed by atoms with Gasteiger partial charge in [-0.3, -0.25) is 4.90 Å². The minimum absolute atomic E-state index is 0.120. The molecule has 0 saturated carbocycles. The summed E-state index contributed by atoms with van der Waals surface area (Å²) in [6.45, 7) is 4.33. The van der Waals surface area contributed by atoms with Crippen molar-refractivity contribution in [3.8, 4) is 17.4 Å². The van der Waals surface area contributed by atoms with Crippen molar-refractivity contribution in [2.75, 3.05) is 46.6 Å². The number of hydrogen-bond donors (Lipinski definition) is 2. The number of para-hydroxylation sites is 2. The fourth-order valence-corrected chi connectivity index (χ4v) is 4.36. The van der Waals surface area contributed by atoms with E-state index in [9.17, 15) is 0 Å². The highest BCUT2D eigenvalue weighted by molar-refractivity contribution is 5.77. The summed E-state index contributed by atoms with van der Waals surface area (Å²) >= 11 is 0. The summed E-state index contributed by atoms with van der Waals surface area (Å²) in [7, 11) is 5.27. The third kappa shape index (κ3) is 4.51. The second-order valence-electron chi connectivity index (χ2n) is 8.25. The standard InChI is InChI=1S/C25H32N6O3/c1-5-30(2)21-14-31(20(12-26)16-10-22(32-3)23(33-4)11-17(16)27)15-24(21)34-25-13-28-18-8-6-7-9-19(18)29-25/h6-13,21,24H,5,14-15,26-27H2,1-4H3/b20-12+. The van der Waals surface area contributed by atoms with Gasteiger partial charge in [0.2, 0.25) is 5.88 Å². The van der Waals surface area contributed by atoms with Crippen molar-refractivity contribution in [3.63, 3.8) is 0 Å².